The summed E-state index contributed by atoms with van der Waals surface area (Å²) in [7, 11) is 3.30. The molecule has 0 aromatic rings. The number of aliphatic hydroxyl groups excluding tert-OH is 1. The normalized spacial score (nSPS) is 45.1. The molecule has 0 heterocycles. The minimum absolute atomic E-state index is 0.192. The van der Waals surface area contributed by atoms with E-state index < -0.39 is 11.1 Å². The molecule has 0 aromatic carbocycles. The number of fused-ring (bicyclic) bond motifs is 1. The van der Waals surface area contributed by atoms with Crippen molar-refractivity contribution in [2.45, 2.75) is 145 Å². The summed E-state index contributed by atoms with van der Waals surface area (Å²) in [5.41, 5.74) is -1.06. The number of hydrogen-bond donors (Lipinski definition) is 3. The molecule has 0 amide bonds. The van der Waals surface area contributed by atoms with Gasteiger partial charge in [0.15, 0.2) is 0 Å². The molecule has 3 aliphatic rings. The first kappa shape index (κ1) is 24.6. The van der Waals surface area contributed by atoms with E-state index in [4.69, 9.17) is 0 Å². The molecule has 0 spiro atoms. The van der Waals surface area contributed by atoms with E-state index in [9.17, 15) is 15.3 Å². The van der Waals surface area contributed by atoms with Crippen molar-refractivity contribution in [3.05, 3.63) is 0 Å². The van der Waals surface area contributed by atoms with Gasteiger partial charge in [0.1, 0.15) is 15.1 Å². The summed E-state index contributed by atoms with van der Waals surface area (Å²) < 4.78 is 0. The highest BCUT2D eigenvalue weighted by Gasteiger charge is 2.44. The van der Waals surface area contributed by atoms with Gasteiger partial charge in [-0.25, -0.2) is 0 Å². The van der Waals surface area contributed by atoms with Crippen LogP contribution < -0.4 is 0 Å². The van der Waals surface area contributed by atoms with Gasteiger partial charge in [-0.1, -0.05) is 82.3 Å². The Morgan fingerprint density at radius 1 is 0.767 bits per heavy atom. The van der Waals surface area contributed by atoms with Crippen LogP contribution >= 0.6 is 0 Å². The SMILES string of the molecule is BC1(O)CCCCCC2C(BC3CCCCCCC(C)(O)CCC3)CC(O)CCC21. The van der Waals surface area contributed by atoms with Crippen LogP contribution in [0.1, 0.15) is 116 Å². The van der Waals surface area contributed by atoms with Crippen molar-refractivity contribution in [3.63, 3.8) is 0 Å². The lowest BCUT2D eigenvalue weighted by atomic mass is 9.45. The summed E-state index contributed by atoms with van der Waals surface area (Å²) in [4.78, 5) is 0. The fourth-order valence-corrected chi connectivity index (χ4v) is 7.26. The summed E-state index contributed by atoms with van der Waals surface area (Å²) in [6.45, 7) is 2.03. The molecule has 0 aliphatic heterocycles. The zero-order valence-electron chi connectivity index (χ0n) is 20.0. The van der Waals surface area contributed by atoms with Crippen molar-refractivity contribution in [2.75, 3.05) is 0 Å². The van der Waals surface area contributed by atoms with Crippen LogP contribution in [0, 0.1) is 11.8 Å². The molecular weight excluding hydrogens is 370 g/mol. The van der Waals surface area contributed by atoms with E-state index in [1.807, 2.05) is 6.92 Å². The summed E-state index contributed by atoms with van der Waals surface area (Å²) in [5.74, 6) is 2.18. The van der Waals surface area contributed by atoms with Crippen LogP contribution in [0.3, 0.4) is 0 Å². The van der Waals surface area contributed by atoms with Crippen LogP contribution in [0.15, 0.2) is 0 Å². The van der Waals surface area contributed by atoms with Gasteiger partial charge in [0, 0.05) is 5.50 Å². The standard InChI is InChI=1S/C25H48B2O3/c1-24(29)15-7-3-2-5-10-19(11-9-16-24)27-23-18-20(28)13-14-22-21(23)12-6-4-8-17-25(22,26)30/h19-23,27-30H,2-18,26H2,1H3. The minimum Gasteiger partial charge on any atom is -0.399 e. The average molecular weight is 418 g/mol. The molecular formula is C25H48B2O3. The van der Waals surface area contributed by atoms with Crippen molar-refractivity contribution in [1.82, 2.24) is 0 Å². The van der Waals surface area contributed by atoms with E-state index in [0.29, 0.717) is 23.5 Å². The Labute approximate surface area is 187 Å². The molecule has 172 valence electrons. The largest absolute Gasteiger partial charge is 0.399 e. The van der Waals surface area contributed by atoms with Crippen molar-refractivity contribution in [3.8, 4) is 0 Å². The maximum atomic E-state index is 11.3. The molecule has 3 saturated carbocycles. The third-order valence-corrected chi connectivity index (χ3v) is 9.07. The molecule has 3 nitrogen and oxygen atoms in total. The van der Waals surface area contributed by atoms with Gasteiger partial charge < -0.3 is 15.3 Å². The highest BCUT2D eigenvalue weighted by atomic mass is 16.3. The molecule has 30 heavy (non-hydrogen) atoms. The Morgan fingerprint density at radius 3 is 2.23 bits per heavy atom. The molecule has 3 rings (SSSR count). The summed E-state index contributed by atoms with van der Waals surface area (Å²) in [6.07, 6.45) is 19.0. The first-order chi connectivity index (χ1) is 14.3. The van der Waals surface area contributed by atoms with Crippen molar-refractivity contribution < 1.29 is 15.3 Å². The van der Waals surface area contributed by atoms with Gasteiger partial charge in [0.2, 0.25) is 0 Å². The lowest BCUT2D eigenvalue weighted by Gasteiger charge is -2.43. The maximum Gasteiger partial charge on any atom is 0.143 e. The Bertz CT molecular complexity index is 511. The number of hydrogen-bond acceptors (Lipinski definition) is 3. The van der Waals surface area contributed by atoms with Gasteiger partial charge >= 0.3 is 0 Å². The molecule has 3 aliphatic carbocycles. The van der Waals surface area contributed by atoms with E-state index in [1.165, 1.54) is 58.6 Å². The van der Waals surface area contributed by atoms with Crippen molar-refractivity contribution >= 4 is 15.1 Å². The summed E-state index contributed by atoms with van der Waals surface area (Å²) in [5, 5.41) is 32.7. The smallest absolute Gasteiger partial charge is 0.143 e. The molecule has 0 aromatic heterocycles. The van der Waals surface area contributed by atoms with E-state index in [0.717, 1.165) is 57.8 Å². The number of rotatable bonds is 2. The van der Waals surface area contributed by atoms with Crippen LogP contribution in [0.5, 0.6) is 0 Å². The predicted octanol–water partition coefficient (Wildman–Crippen LogP) is 4.34. The summed E-state index contributed by atoms with van der Waals surface area (Å²) >= 11 is 0. The zero-order chi connectivity index (χ0) is 21.6. The lowest BCUT2D eigenvalue weighted by molar-refractivity contribution is 0.00803. The molecule has 5 heteroatoms. The summed E-state index contributed by atoms with van der Waals surface area (Å²) in [6, 6.07) is 0. The second-order valence-corrected chi connectivity index (χ2v) is 11.9. The second kappa shape index (κ2) is 11.2. The van der Waals surface area contributed by atoms with Gasteiger partial charge in [0.05, 0.1) is 11.7 Å². The topological polar surface area (TPSA) is 60.7 Å². The van der Waals surface area contributed by atoms with Gasteiger partial charge in [-0.2, -0.15) is 0 Å². The Balaban J connectivity index is 1.71. The second-order valence-electron chi connectivity index (χ2n) is 11.9. The molecule has 0 saturated heterocycles. The third kappa shape index (κ3) is 7.27. The Hall–Kier alpha value is 0.00987. The highest BCUT2D eigenvalue weighted by Crippen LogP contribution is 2.48. The first-order valence-corrected chi connectivity index (χ1v) is 13.4. The van der Waals surface area contributed by atoms with Crippen LogP contribution in [-0.4, -0.2) is 47.7 Å². The average Bonchev–Trinajstić information content (AvgIpc) is 2.82. The van der Waals surface area contributed by atoms with Gasteiger partial charge in [-0.05, 0) is 57.3 Å². The molecule has 7 atom stereocenters. The maximum absolute atomic E-state index is 11.3. The Morgan fingerprint density at radius 2 is 1.40 bits per heavy atom. The molecule has 3 fully saturated rings. The van der Waals surface area contributed by atoms with Crippen LogP contribution in [0.25, 0.3) is 0 Å². The number of aliphatic hydroxyl groups is 3. The van der Waals surface area contributed by atoms with E-state index in [-0.39, 0.29) is 6.10 Å². The fraction of sp³-hybridized carbons (Fsp3) is 1.00. The van der Waals surface area contributed by atoms with Crippen LogP contribution in [0.2, 0.25) is 11.6 Å². The monoisotopic (exact) mass is 418 g/mol. The van der Waals surface area contributed by atoms with Crippen molar-refractivity contribution in [2.24, 2.45) is 11.8 Å². The molecule has 0 bridgehead atoms. The minimum atomic E-state index is -0.569. The fourth-order valence-electron chi connectivity index (χ4n) is 7.26. The van der Waals surface area contributed by atoms with Crippen LogP contribution in [0.4, 0.5) is 0 Å². The quantitative estimate of drug-likeness (QED) is 0.585. The van der Waals surface area contributed by atoms with E-state index >= 15 is 0 Å². The Kier molecular flexibility index (Phi) is 9.23. The molecule has 7 unspecified atom stereocenters. The van der Waals surface area contributed by atoms with E-state index in [1.54, 1.807) is 0 Å². The van der Waals surface area contributed by atoms with Crippen molar-refractivity contribution in [1.29, 1.82) is 0 Å². The predicted molar refractivity (Wildman–Crippen MR) is 130 cm³/mol. The van der Waals surface area contributed by atoms with Gasteiger partial charge in [-0.15, -0.1) is 0 Å². The van der Waals surface area contributed by atoms with Gasteiger partial charge in [0.25, 0.3) is 0 Å². The zero-order valence-corrected chi connectivity index (χ0v) is 20.0. The third-order valence-electron chi connectivity index (χ3n) is 9.07. The van der Waals surface area contributed by atoms with Crippen LogP contribution in [-0.2, 0) is 0 Å². The first-order valence-electron chi connectivity index (χ1n) is 13.4. The molecule has 0 radical (unpaired) electrons. The van der Waals surface area contributed by atoms with Gasteiger partial charge in [-0.3, -0.25) is 0 Å². The lowest BCUT2D eigenvalue weighted by Crippen LogP contribution is -2.44. The highest BCUT2D eigenvalue weighted by molar-refractivity contribution is 6.39. The molecule has 3 N–H and O–H groups in total. The van der Waals surface area contributed by atoms with E-state index in [2.05, 4.69) is 7.85 Å².